The van der Waals surface area contributed by atoms with Crippen LogP contribution in [0.4, 0.5) is 0 Å². The summed E-state index contributed by atoms with van der Waals surface area (Å²) in [6.07, 6.45) is 0.812. The first-order valence-electron chi connectivity index (χ1n) is 6.27. The Bertz CT molecular complexity index is 383. The highest BCUT2D eigenvalue weighted by Crippen LogP contribution is 2.14. The van der Waals surface area contributed by atoms with Gasteiger partial charge in [0.05, 0.1) is 11.5 Å². The summed E-state index contributed by atoms with van der Waals surface area (Å²) in [5.74, 6) is -0.240. The van der Waals surface area contributed by atoms with E-state index in [9.17, 15) is 13.2 Å². The maximum Gasteiger partial charge on any atom is 0.218 e. The molecule has 1 saturated heterocycles. The van der Waals surface area contributed by atoms with Gasteiger partial charge in [-0.05, 0) is 18.9 Å². The van der Waals surface area contributed by atoms with E-state index in [0.717, 1.165) is 19.5 Å². The molecule has 0 aromatic carbocycles. The zero-order valence-corrected chi connectivity index (χ0v) is 11.7. The van der Waals surface area contributed by atoms with E-state index in [4.69, 9.17) is 11.5 Å². The molecule has 106 valence electrons. The van der Waals surface area contributed by atoms with Crippen LogP contribution in [0.15, 0.2) is 0 Å². The Morgan fingerprint density at radius 1 is 1.39 bits per heavy atom. The Kier molecular flexibility index (Phi) is 5.55. The molecule has 1 aliphatic heterocycles. The fraction of sp³-hybridized carbons (Fsp3) is 0.909. The lowest BCUT2D eigenvalue weighted by Gasteiger charge is -2.34. The topological polar surface area (TPSA) is 106 Å². The average Bonchev–Trinajstić information content (AvgIpc) is 2.28. The van der Waals surface area contributed by atoms with E-state index >= 15 is 0 Å². The smallest absolute Gasteiger partial charge is 0.218 e. The van der Waals surface area contributed by atoms with Crippen molar-refractivity contribution in [3.05, 3.63) is 0 Å². The molecule has 2 atom stereocenters. The van der Waals surface area contributed by atoms with Crippen LogP contribution in [-0.2, 0) is 14.6 Å². The number of hydrogen-bond acceptors (Lipinski definition) is 5. The molecule has 0 aromatic rings. The van der Waals surface area contributed by atoms with Gasteiger partial charge < -0.3 is 16.4 Å². The molecule has 1 fully saturated rings. The summed E-state index contributed by atoms with van der Waals surface area (Å²) in [5, 5.41) is 0. The van der Waals surface area contributed by atoms with E-state index in [1.54, 1.807) is 0 Å². The molecule has 0 radical (unpaired) electrons. The molecular weight excluding hydrogens is 254 g/mol. The van der Waals surface area contributed by atoms with E-state index in [0.29, 0.717) is 12.5 Å². The maximum atomic E-state index is 11.7. The number of nitrogens with two attached hydrogens (primary N) is 2. The number of hydrogen-bond donors (Lipinski definition) is 2. The molecule has 6 nitrogen and oxygen atoms in total. The summed E-state index contributed by atoms with van der Waals surface area (Å²) >= 11 is 0. The molecule has 0 aliphatic carbocycles. The van der Waals surface area contributed by atoms with Gasteiger partial charge in [-0.15, -0.1) is 0 Å². The van der Waals surface area contributed by atoms with Crippen molar-refractivity contribution in [1.29, 1.82) is 0 Å². The van der Waals surface area contributed by atoms with Gasteiger partial charge in [-0.3, -0.25) is 4.79 Å². The van der Waals surface area contributed by atoms with Gasteiger partial charge in [0.2, 0.25) is 5.91 Å². The lowest BCUT2D eigenvalue weighted by Crippen LogP contribution is -2.47. The maximum absolute atomic E-state index is 11.7. The number of carbonyl (C=O) groups is 1. The minimum atomic E-state index is -3.18. The van der Waals surface area contributed by atoms with E-state index in [-0.39, 0.29) is 24.0 Å². The molecule has 0 bridgehead atoms. The van der Waals surface area contributed by atoms with Gasteiger partial charge in [0, 0.05) is 25.6 Å². The highest BCUT2D eigenvalue weighted by atomic mass is 32.2. The van der Waals surface area contributed by atoms with Gasteiger partial charge in [-0.1, -0.05) is 6.92 Å². The quantitative estimate of drug-likeness (QED) is 0.644. The molecule has 1 amide bonds. The Morgan fingerprint density at radius 2 is 2.06 bits per heavy atom. The number of nitrogens with zero attached hydrogens (tertiary/aromatic N) is 1. The molecule has 7 heteroatoms. The van der Waals surface area contributed by atoms with Crippen LogP contribution < -0.4 is 11.5 Å². The molecule has 2 unspecified atom stereocenters. The van der Waals surface area contributed by atoms with Crippen LogP contribution in [0.3, 0.4) is 0 Å². The monoisotopic (exact) mass is 277 g/mol. The fourth-order valence-corrected chi connectivity index (χ4v) is 3.33. The molecule has 4 N–H and O–H groups in total. The SMILES string of the molecule is CC1CN(CCS(=O)(=O)CCC(N)=O)CCC1N. The van der Waals surface area contributed by atoms with E-state index < -0.39 is 15.7 Å². The number of amides is 1. The molecular formula is C11H23N3O3S. The second kappa shape index (κ2) is 6.49. The molecule has 1 rings (SSSR count). The van der Waals surface area contributed by atoms with Crippen LogP contribution in [0.2, 0.25) is 0 Å². The standard InChI is InChI=1S/C11H23N3O3S/c1-9-8-14(4-2-10(9)12)5-7-18(16,17)6-3-11(13)15/h9-10H,2-8,12H2,1H3,(H2,13,15). The summed E-state index contributed by atoms with van der Waals surface area (Å²) < 4.78 is 23.3. The van der Waals surface area contributed by atoms with Gasteiger partial charge in [0.1, 0.15) is 0 Å². The third-order valence-corrected chi connectivity index (χ3v) is 5.06. The first-order chi connectivity index (χ1) is 8.30. The molecule has 0 saturated carbocycles. The Hall–Kier alpha value is -0.660. The van der Waals surface area contributed by atoms with Crippen molar-refractivity contribution in [1.82, 2.24) is 4.90 Å². The molecule has 0 aromatic heterocycles. The molecule has 1 aliphatic rings. The van der Waals surface area contributed by atoms with Crippen molar-refractivity contribution in [2.75, 3.05) is 31.1 Å². The highest BCUT2D eigenvalue weighted by molar-refractivity contribution is 7.91. The van der Waals surface area contributed by atoms with Crippen molar-refractivity contribution >= 4 is 15.7 Å². The lowest BCUT2D eigenvalue weighted by molar-refractivity contribution is -0.117. The summed E-state index contributed by atoms with van der Waals surface area (Å²) in [6, 6.07) is 0.215. The second-order valence-corrected chi connectivity index (χ2v) is 7.40. The number of primary amides is 1. The minimum absolute atomic E-state index is 0.0856. The van der Waals surface area contributed by atoms with Gasteiger partial charge in [0.25, 0.3) is 0 Å². The van der Waals surface area contributed by atoms with Crippen molar-refractivity contribution in [2.24, 2.45) is 17.4 Å². The van der Waals surface area contributed by atoms with E-state index in [1.807, 2.05) is 0 Å². The highest BCUT2D eigenvalue weighted by Gasteiger charge is 2.24. The Labute approximate surface area is 109 Å². The predicted octanol–water partition coefficient (Wildman–Crippen LogP) is -1.05. The van der Waals surface area contributed by atoms with Gasteiger partial charge in [-0.25, -0.2) is 8.42 Å². The number of sulfone groups is 1. The van der Waals surface area contributed by atoms with Crippen molar-refractivity contribution < 1.29 is 13.2 Å². The number of likely N-dealkylation sites (tertiary alicyclic amines) is 1. The van der Waals surface area contributed by atoms with Crippen LogP contribution in [-0.4, -0.2) is 56.4 Å². The van der Waals surface area contributed by atoms with Crippen LogP contribution in [0, 0.1) is 5.92 Å². The first kappa shape index (κ1) is 15.4. The summed E-state index contributed by atoms with van der Waals surface area (Å²) in [7, 11) is -3.18. The lowest BCUT2D eigenvalue weighted by atomic mass is 9.95. The zero-order chi connectivity index (χ0) is 13.8. The second-order valence-electron chi connectivity index (χ2n) is 5.10. The average molecular weight is 277 g/mol. The third kappa shape index (κ3) is 5.32. The normalized spacial score (nSPS) is 26.1. The Balaban J connectivity index is 2.34. The molecule has 18 heavy (non-hydrogen) atoms. The molecule has 0 spiro atoms. The summed E-state index contributed by atoms with van der Waals surface area (Å²) in [5.41, 5.74) is 10.9. The van der Waals surface area contributed by atoms with Crippen LogP contribution >= 0.6 is 0 Å². The van der Waals surface area contributed by atoms with Crippen LogP contribution in [0.25, 0.3) is 0 Å². The van der Waals surface area contributed by atoms with Crippen molar-refractivity contribution in [3.63, 3.8) is 0 Å². The third-order valence-electron chi connectivity index (χ3n) is 3.43. The van der Waals surface area contributed by atoms with Crippen molar-refractivity contribution in [3.8, 4) is 0 Å². The number of carbonyl (C=O) groups excluding carboxylic acids is 1. The zero-order valence-electron chi connectivity index (χ0n) is 10.8. The summed E-state index contributed by atoms with van der Waals surface area (Å²) in [4.78, 5) is 12.7. The van der Waals surface area contributed by atoms with E-state index in [1.165, 1.54) is 0 Å². The predicted molar refractivity (Wildman–Crippen MR) is 70.7 cm³/mol. The van der Waals surface area contributed by atoms with Gasteiger partial charge in [-0.2, -0.15) is 0 Å². The minimum Gasteiger partial charge on any atom is -0.370 e. The Morgan fingerprint density at radius 3 is 2.61 bits per heavy atom. The van der Waals surface area contributed by atoms with Gasteiger partial charge >= 0.3 is 0 Å². The fourth-order valence-electron chi connectivity index (χ4n) is 2.08. The number of piperidine rings is 1. The largest absolute Gasteiger partial charge is 0.370 e. The van der Waals surface area contributed by atoms with Gasteiger partial charge in [0.15, 0.2) is 9.84 Å². The van der Waals surface area contributed by atoms with Crippen LogP contribution in [0.1, 0.15) is 19.8 Å². The summed E-state index contributed by atoms with van der Waals surface area (Å²) in [6.45, 7) is 4.28. The number of rotatable bonds is 6. The van der Waals surface area contributed by atoms with E-state index in [2.05, 4.69) is 11.8 Å². The van der Waals surface area contributed by atoms with Crippen molar-refractivity contribution in [2.45, 2.75) is 25.8 Å². The first-order valence-corrected chi connectivity index (χ1v) is 8.09. The molecule has 1 heterocycles. The van der Waals surface area contributed by atoms with Crippen LogP contribution in [0.5, 0.6) is 0 Å².